The van der Waals surface area contributed by atoms with Crippen molar-refractivity contribution in [2.45, 2.75) is 13.3 Å². The van der Waals surface area contributed by atoms with Gasteiger partial charge in [-0.05, 0) is 30.2 Å². The van der Waals surface area contributed by atoms with Crippen LogP contribution in [0.3, 0.4) is 0 Å². The van der Waals surface area contributed by atoms with E-state index in [1.807, 2.05) is 31.2 Å². The molecule has 0 atom stereocenters. The zero-order valence-electron chi connectivity index (χ0n) is 14.3. The average molecular weight is 347 g/mol. The highest BCUT2D eigenvalue weighted by molar-refractivity contribution is 5.94. The van der Waals surface area contributed by atoms with Crippen molar-refractivity contribution in [1.29, 1.82) is 0 Å². The number of benzene rings is 2. The number of aromatic amines is 2. The standard InChI is InChI=1S/C20H18FN5/c1-3-12(2)23-17-11-22-26-19(17)20-24-16-9-5-8-15(18(16)25-20)13-6-4-7-14(21)10-13/h4-11,23H,2-3H2,1H3,(H,22,26)(H,24,25). The van der Waals surface area contributed by atoms with E-state index in [0.717, 1.165) is 40.0 Å². The summed E-state index contributed by atoms with van der Waals surface area (Å²) < 4.78 is 13.6. The monoisotopic (exact) mass is 347 g/mol. The molecular formula is C20H18FN5. The van der Waals surface area contributed by atoms with E-state index in [0.29, 0.717) is 11.5 Å². The third-order valence-corrected chi connectivity index (χ3v) is 4.25. The number of hydrogen-bond acceptors (Lipinski definition) is 3. The first-order valence-electron chi connectivity index (χ1n) is 8.39. The fourth-order valence-corrected chi connectivity index (χ4v) is 2.88. The van der Waals surface area contributed by atoms with Gasteiger partial charge in [-0.3, -0.25) is 5.10 Å². The van der Waals surface area contributed by atoms with E-state index in [1.54, 1.807) is 12.3 Å². The van der Waals surface area contributed by atoms with Crippen molar-refractivity contribution in [3.63, 3.8) is 0 Å². The number of H-pyrrole nitrogens is 2. The number of para-hydroxylation sites is 1. The van der Waals surface area contributed by atoms with Crippen LogP contribution in [-0.2, 0) is 0 Å². The maximum atomic E-state index is 13.6. The van der Waals surface area contributed by atoms with E-state index in [-0.39, 0.29) is 5.82 Å². The van der Waals surface area contributed by atoms with Crippen LogP contribution in [-0.4, -0.2) is 20.2 Å². The van der Waals surface area contributed by atoms with Crippen LogP contribution in [0.25, 0.3) is 33.7 Å². The highest BCUT2D eigenvalue weighted by Crippen LogP contribution is 2.31. The number of hydrogen-bond donors (Lipinski definition) is 3. The van der Waals surface area contributed by atoms with Gasteiger partial charge in [0.15, 0.2) is 11.5 Å². The fraction of sp³-hybridized carbons (Fsp3) is 0.100. The SMILES string of the molecule is C=C(CC)Nc1c[nH]nc1-c1nc2c(-c3cccc(F)c3)cccc2[nH]1. The molecule has 0 amide bonds. The first-order valence-corrected chi connectivity index (χ1v) is 8.39. The molecule has 0 bridgehead atoms. The van der Waals surface area contributed by atoms with Crippen LogP contribution in [0.15, 0.2) is 60.9 Å². The molecule has 6 heteroatoms. The molecule has 5 nitrogen and oxygen atoms in total. The van der Waals surface area contributed by atoms with Crippen LogP contribution in [0.5, 0.6) is 0 Å². The second kappa shape index (κ2) is 6.48. The molecule has 130 valence electrons. The van der Waals surface area contributed by atoms with Gasteiger partial charge < -0.3 is 10.3 Å². The number of nitrogens with zero attached hydrogens (tertiary/aromatic N) is 2. The Hall–Kier alpha value is -3.41. The maximum absolute atomic E-state index is 13.6. The molecule has 0 aliphatic heterocycles. The summed E-state index contributed by atoms with van der Waals surface area (Å²) in [7, 11) is 0. The van der Waals surface area contributed by atoms with Gasteiger partial charge >= 0.3 is 0 Å². The van der Waals surface area contributed by atoms with Crippen LogP contribution in [0.2, 0.25) is 0 Å². The lowest BCUT2D eigenvalue weighted by molar-refractivity contribution is 0.628. The fourth-order valence-electron chi connectivity index (χ4n) is 2.88. The molecule has 0 saturated heterocycles. The number of aromatic nitrogens is 4. The highest BCUT2D eigenvalue weighted by Gasteiger charge is 2.15. The summed E-state index contributed by atoms with van der Waals surface area (Å²) in [5.74, 6) is 0.364. The number of rotatable bonds is 5. The second-order valence-corrected chi connectivity index (χ2v) is 6.03. The number of allylic oxidation sites excluding steroid dienone is 1. The molecule has 0 unspecified atom stereocenters. The van der Waals surface area contributed by atoms with E-state index in [9.17, 15) is 4.39 Å². The Labute approximate surface area is 150 Å². The van der Waals surface area contributed by atoms with Crippen molar-refractivity contribution in [1.82, 2.24) is 20.2 Å². The molecule has 3 N–H and O–H groups in total. The largest absolute Gasteiger partial charge is 0.356 e. The summed E-state index contributed by atoms with van der Waals surface area (Å²) in [6, 6.07) is 12.3. The summed E-state index contributed by atoms with van der Waals surface area (Å²) in [6.45, 7) is 6.00. The van der Waals surface area contributed by atoms with E-state index in [2.05, 4.69) is 27.1 Å². The molecule has 0 aliphatic rings. The Kier molecular flexibility index (Phi) is 4.01. The van der Waals surface area contributed by atoms with Gasteiger partial charge in [0.25, 0.3) is 0 Å². The summed E-state index contributed by atoms with van der Waals surface area (Å²) in [4.78, 5) is 8.02. The van der Waals surface area contributed by atoms with Crippen molar-refractivity contribution in [3.8, 4) is 22.6 Å². The lowest BCUT2D eigenvalue weighted by Gasteiger charge is -2.05. The Bertz CT molecular complexity index is 1090. The molecule has 0 saturated carbocycles. The molecule has 2 heterocycles. The molecule has 0 aliphatic carbocycles. The summed E-state index contributed by atoms with van der Waals surface area (Å²) >= 11 is 0. The number of fused-ring (bicyclic) bond motifs is 1. The Morgan fingerprint density at radius 2 is 2.08 bits per heavy atom. The van der Waals surface area contributed by atoms with Crippen LogP contribution >= 0.6 is 0 Å². The normalized spacial score (nSPS) is 11.0. The first-order chi connectivity index (χ1) is 12.7. The van der Waals surface area contributed by atoms with Gasteiger partial charge in [-0.2, -0.15) is 5.10 Å². The van der Waals surface area contributed by atoms with Crippen molar-refractivity contribution < 1.29 is 4.39 Å². The van der Waals surface area contributed by atoms with Crippen molar-refractivity contribution >= 4 is 16.7 Å². The van der Waals surface area contributed by atoms with Crippen LogP contribution in [0.1, 0.15) is 13.3 Å². The van der Waals surface area contributed by atoms with Crippen LogP contribution in [0, 0.1) is 5.82 Å². The number of nitrogens with one attached hydrogen (secondary N) is 3. The molecule has 0 fully saturated rings. The first kappa shape index (κ1) is 16.1. The highest BCUT2D eigenvalue weighted by atomic mass is 19.1. The van der Waals surface area contributed by atoms with Gasteiger partial charge in [-0.15, -0.1) is 0 Å². The molecule has 2 aromatic carbocycles. The van der Waals surface area contributed by atoms with Gasteiger partial charge in [0.1, 0.15) is 5.82 Å². The predicted molar refractivity (Wildman–Crippen MR) is 102 cm³/mol. The van der Waals surface area contributed by atoms with Gasteiger partial charge in [0.2, 0.25) is 0 Å². The number of anilines is 1. The van der Waals surface area contributed by atoms with E-state index >= 15 is 0 Å². The van der Waals surface area contributed by atoms with Gasteiger partial charge in [-0.25, -0.2) is 9.37 Å². The van der Waals surface area contributed by atoms with Crippen molar-refractivity contribution in [2.24, 2.45) is 0 Å². The van der Waals surface area contributed by atoms with Gasteiger partial charge in [0, 0.05) is 17.5 Å². The zero-order chi connectivity index (χ0) is 18.1. The number of imidazole rings is 1. The maximum Gasteiger partial charge on any atom is 0.161 e. The average Bonchev–Trinajstić information content (AvgIpc) is 3.27. The van der Waals surface area contributed by atoms with Gasteiger partial charge in [0.05, 0.1) is 16.7 Å². The molecule has 2 aromatic heterocycles. The smallest absolute Gasteiger partial charge is 0.161 e. The molecule has 4 aromatic rings. The molecular weight excluding hydrogens is 329 g/mol. The summed E-state index contributed by atoms with van der Waals surface area (Å²) in [5.41, 5.74) is 5.68. The Balaban J connectivity index is 1.82. The van der Waals surface area contributed by atoms with E-state index in [1.165, 1.54) is 12.1 Å². The Morgan fingerprint density at radius 1 is 1.23 bits per heavy atom. The lowest BCUT2D eigenvalue weighted by Crippen LogP contribution is -1.97. The molecule has 0 radical (unpaired) electrons. The lowest BCUT2D eigenvalue weighted by atomic mass is 10.0. The second-order valence-electron chi connectivity index (χ2n) is 6.03. The Morgan fingerprint density at radius 3 is 2.88 bits per heavy atom. The number of halogens is 1. The third-order valence-electron chi connectivity index (χ3n) is 4.25. The zero-order valence-corrected chi connectivity index (χ0v) is 14.3. The van der Waals surface area contributed by atoms with Crippen LogP contribution in [0.4, 0.5) is 10.1 Å². The topological polar surface area (TPSA) is 69.4 Å². The van der Waals surface area contributed by atoms with Crippen molar-refractivity contribution in [2.75, 3.05) is 5.32 Å². The van der Waals surface area contributed by atoms with Gasteiger partial charge in [-0.1, -0.05) is 37.8 Å². The molecule has 26 heavy (non-hydrogen) atoms. The van der Waals surface area contributed by atoms with E-state index in [4.69, 9.17) is 4.98 Å². The molecule has 0 spiro atoms. The summed E-state index contributed by atoms with van der Waals surface area (Å²) in [6.07, 6.45) is 2.59. The van der Waals surface area contributed by atoms with Crippen LogP contribution < -0.4 is 5.32 Å². The quantitative estimate of drug-likeness (QED) is 0.471. The minimum absolute atomic E-state index is 0.271. The molecule has 4 rings (SSSR count). The minimum atomic E-state index is -0.271. The third kappa shape index (κ3) is 2.86. The minimum Gasteiger partial charge on any atom is -0.356 e. The van der Waals surface area contributed by atoms with Crippen molar-refractivity contribution in [3.05, 3.63) is 66.8 Å². The van der Waals surface area contributed by atoms with E-state index < -0.39 is 0 Å². The summed E-state index contributed by atoms with van der Waals surface area (Å²) in [5, 5.41) is 10.4. The predicted octanol–water partition coefficient (Wildman–Crippen LogP) is 5.09.